The predicted molar refractivity (Wildman–Crippen MR) is 146 cm³/mol. The third kappa shape index (κ3) is 5.08. The first-order valence-electron chi connectivity index (χ1n) is 13.6. The Morgan fingerprint density at radius 2 is 1.69 bits per heavy atom. The number of rotatable bonds is 7. The van der Waals surface area contributed by atoms with Gasteiger partial charge in [0, 0.05) is 23.7 Å². The van der Waals surface area contributed by atoms with Crippen LogP contribution in [0.2, 0.25) is 0 Å². The standard InChI is InChI=1S/C31H29F3N2O6/c1-29(2)19-30(24-12-11-22(17-26(24)42-29)39-15-13-35-14-16-40-28(35)38)23-5-3-4-6-25(23)36(27(30)37)18-20-7-9-21(10-8-20)41-31(32,33)34/h3-12,17H,13-16,18-19H2,1-2H3. The number of benzene rings is 3. The largest absolute Gasteiger partial charge is 0.573 e. The smallest absolute Gasteiger partial charge is 0.492 e. The summed E-state index contributed by atoms with van der Waals surface area (Å²) in [5.74, 6) is 0.612. The van der Waals surface area contributed by atoms with Crippen LogP contribution in [-0.2, 0) is 21.5 Å². The number of fused-ring (bicyclic) bond motifs is 4. The minimum atomic E-state index is -4.78. The molecule has 220 valence electrons. The van der Waals surface area contributed by atoms with Gasteiger partial charge in [0.2, 0.25) is 5.91 Å². The van der Waals surface area contributed by atoms with E-state index in [0.717, 1.165) is 11.3 Å². The molecule has 0 aromatic heterocycles. The summed E-state index contributed by atoms with van der Waals surface area (Å²) in [6, 6.07) is 18.5. The van der Waals surface area contributed by atoms with E-state index in [9.17, 15) is 22.8 Å². The first kappa shape index (κ1) is 27.7. The summed E-state index contributed by atoms with van der Waals surface area (Å²) >= 11 is 0. The van der Waals surface area contributed by atoms with Gasteiger partial charge in [0.25, 0.3) is 0 Å². The van der Waals surface area contributed by atoms with E-state index in [2.05, 4.69) is 4.74 Å². The number of para-hydroxylation sites is 1. The molecule has 3 aromatic carbocycles. The number of halogens is 3. The molecule has 0 aliphatic carbocycles. The van der Waals surface area contributed by atoms with Crippen molar-refractivity contribution in [3.05, 3.63) is 83.4 Å². The van der Waals surface area contributed by atoms with Gasteiger partial charge in [0.15, 0.2) is 0 Å². The first-order valence-corrected chi connectivity index (χ1v) is 13.6. The molecular formula is C31H29F3N2O6. The molecule has 3 aromatic rings. The van der Waals surface area contributed by atoms with E-state index in [1.807, 2.05) is 44.2 Å². The van der Waals surface area contributed by atoms with E-state index >= 15 is 0 Å². The Morgan fingerprint density at radius 3 is 2.40 bits per heavy atom. The molecule has 0 saturated carbocycles. The molecule has 0 N–H and O–H groups in total. The Balaban J connectivity index is 1.30. The summed E-state index contributed by atoms with van der Waals surface area (Å²) in [6.45, 7) is 5.58. The number of alkyl halides is 3. The van der Waals surface area contributed by atoms with E-state index in [1.165, 1.54) is 24.3 Å². The molecule has 0 bridgehead atoms. The zero-order chi connectivity index (χ0) is 29.7. The number of hydrogen-bond donors (Lipinski definition) is 0. The zero-order valence-corrected chi connectivity index (χ0v) is 23.1. The van der Waals surface area contributed by atoms with Crippen molar-refractivity contribution in [1.82, 2.24) is 4.90 Å². The minimum Gasteiger partial charge on any atom is -0.492 e. The number of cyclic esters (lactones) is 1. The van der Waals surface area contributed by atoms with Gasteiger partial charge in [-0.15, -0.1) is 13.2 Å². The molecule has 6 rings (SSSR count). The van der Waals surface area contributed by atoms with E-state index in [-0.39, 0.29) is 30.9 Å². The van der Waals surface area contributed by atoms with Crippen LogP contribution in [0.25, 0.3) is 0 Å². The summed E-state index contributed by atoms with van der Waals surface area (Å²) in [4.78, 5) is 29.5. The Bertz CT molecular complexity index is 1520. The Kier molecular flexibility index (Phi) is 6.70. The van der Waals surface area contributed by atoms with Crippen molar-refractivity contribution in [2.24, 2.45) is 0 Å². The topological polar surface area (TPSA) is 77.5 Å². The van der Waals surface area contributed by atoms with Crippen LogP contribution in [0, 0.1) is 0 Å². The average molecular weight is 583 g/mol. The van der Waals surface area contributed by atoms with Gasteiger partial charge in [-0.05, 0) is 49.2 Å². The van der Waals surface area contributed by atoms with Crippen LogP contribution in [0.3, 0.4) is 0 Å². The molecule has 2 amide bonds. The fourth-order valence-corrected chi connectivity index (χ4v) is 6.09. The maximum Gasteiger partial charge on any atom is 0.573 e. The van der Waals surface area contributed by atoms with Gasteiger partial charge in [-0.3, -0.25) is 4.79 Å². The van der Waals surface area contributed by atoms with E-state index in [1.54, 1.807) is 21.9 Å². The van der Waals surface area contributed by atoms with E-state index in [0.29, 0.717) is 48.7 Å². The molecule has 0 radical (unpaired) electrons. The molecule has 1 spiro atoms. The van der Waals surface area contributed by atoms with Crippen molar-refractivity contribution in [3.63, 3.8) is 0 Å². The van der Waals surface area contributed by atoms with Crippen molar-refractivity contribution < 1.29 is 41.7 Å². The quantitative estimate of drug-likeness (QED) is 0.350. The van der Waals surface area contributed by atoms with Crippen molar-refractivity contribution in [1.29, 1.82) is 0 Å². The second-order valence-corrected chi connectivity index (χ2v) is 11.2. The lowest BCUT2D eigenvalue weighted by atomic mass is 9.67. The monoisotopic (exact) mass is 582 g/mol. The third-order valence-corrected chi connectivity index (χ3v) is 7.73. The summed E-state index contributed by atoms with van der Waals surface area (Å²) < 4.78 is 59.1. The molecular weight excluding hydrogens is 553 g/mol. The number of carbonyl (C=O) groups is 2. The first-order chi connectivity index (χ1) is 20.0. The highest BCUT2D eigenvalue weighted by molar-refractivity contribution is 6.11. The van der Waals surface area contributed by atoms with Crippen LogP contribution >= 0.6 is 0 Å². The highest BCUT2D eigenvalue weighted by Gasteiger charge is 2.58. The predicted octanol–water partition coefficient (Wildman–Crippen LogP) is 5.81. The zero-order valence-electron chi connectivity index (χ0n) is 23.1. The number of hydrogen-bond acceptors (Lipinski definition) is 6. The van der Waals surface area contributed by atoms with Gasteiger partial charge >= 0.3 is 12.5 Å². The molecule has 11 heteroatoms. The molecule has 1 atom stereocenters. The van der Waals surface area contributed by atoms with Gasteiger partial charge < -0.3 is 28.7 Å². The fourth-order valence-electron chi connectivity index (χ4n) is 6.09. The Hall–Kier alpha value is -4.41. The summed E-state index contributed by atoms with van der Waals surface area (Å²) in [7, 11) is 0. The average Bonchev–Trinajstić information content (AvgIpc) is 3.43. The van der Waals surface area contributed by atoms with Crippen LogP contribution in [0.4, 0.5) is 23.7 Å². The van der Waals surface area contributed by atoms with Crippen molar-refractivity contribution in [3.8, 4) is 17.2 Å². The molecule has 1 unspecified atom stereocenters. The fraction of sp³-hybridized carbons (Fsp3) is 0.355. The highest BCUT2D eigenvalue weighted by atomic mass is 19.4. The van der Waals surface area contributed by atoms with Crippen molar-refractivity contribution in [2.75, 3.05) is 31.2 Å². The number of anilines is 1. The molecule has 3 aliphatic rings. The lowest BCUT2D eigenvalue weighted by Gasteiger charge is -2.43. The van der Waals surface area contributed by atoms with Crippen LogP contribution in [0.1, 0.15) is 37.0 Å². The number of amides is 2. The van der Waals surface area contributed by atoms with E-state index in [4.69, 9.17) is 14.2 Å². The molecule has 1 fully saturated rings. The second kappa shape index (κ2) is 10.1. The Labute approximate surface area is 240 Å². The van der Waals surface area contributed by atoms with Crippen molar-refractivity contribution in [2.45, 2.75) is 44.2 Å². The highest BCUT2D eigenvalue weighted by Crippen LogP contribution is 2.56. The van der Waals surface area contributed by atoms with Crippen LogP contribution in [-0.4, -0.2) is 55.2 Å². The van der Waals surface area contributed by atoms with Crippen LogP contribution in [0.15, 0.2) is 66.7 Å². The maximum atomic E-state index is 14.5. The summed E-state index contributed by atoms with van der Waals surface area (Å²) in [5.41, 5.74) is 1.20. The summed E-state index contributed by atoms with van der Waals surface area (Å²) in [5, 5.41) is 0. The minimum absolute atomic E-state index is 0.141. The lowest BCUT2D eigenvalue weighted by Crippen LogP contribution is -2.50. The van der Waals surface area contributed by atoms with Crippen LogP contribution < -0.4 is 19.1 Å². The maximum absolute atomic E-state index is 14.5. The normalized spacial score (nSPS) is 20.7. The summed E-state index contributed by atoms with van der Waals surface area (Å²) in [6.07, 6.45) is -4.76. The molecule has 42 heavy (non-hydrogen) atoms. The van der Waals surface area contributed by atoms with Gasteiger partial charge in [-0.25, -0.2) is 4.79 Å². The van der Waals surface area contributed by atoms with Gasteiger partial charge in [-0.2, -0.15) is 0 Å². The molecule has 3 heterocycles. The molecule has 8 nitrogen and oxygen atoms in total. The van der Waals surface area contributed by atoms with Gasteiger partial charge in [0.05, 0.1) is 19.6 Å². The van der Waals surface area contributed by atoms with E-state index < -0.39 is 17.4 Å². The van der Waals surface area contributed by atoms with Gasteiger partial charge in [0.1, 0.15) is 41.5 Å². The van der Waals surface area contributed by atoms with Gasteiger partial charge in [-0.1, -0.05) is 36.4 Å². The molecule has 3 aliphatic heterocycles. The van der Waals surface area contributed by atoms with Crippen LogP contribution in [0.5, 0.6) is 17.2 Å². The third-order valence-electron chi connectivity index (χ3n) is 7.73. The Morgan fingerprint density at radius 1 is 0.952 bits per heavy atom. The molecule has 1 saturated heterocycles. The lowest BCUT2D eigenvalue weighted by molar-refractivity contribution is -0.274. The number of carbonyl (C=O) groups excluding carboxylic acids is 2. The number of nitrogens with zero attached hydrogens (tertiary/aromatic N) is 2. The SMILES string of the molecule is CC1(C)CC2(C(=O)N(Cc3ccc(OC(F)(F)F)cc3)c3ccccc32)c2ccc(OCCN3CCOC3=O)cc2O1. The second-order valence-electron chi connectivity index (χ2n) is 11.2. The number of ether oxygens (including phenoxy) is 4. The van der Waals surface area contributed by atoms with Crippen molar-refractivity contribution >= 4 is 17.7 Å².